The third-order valence-corrected chi connectivity index (χ3v) is 27.5. The van der Waals surface area contributed by atoms with Gasteiger partial charge in [-0.05, 0) is 146 Å². The molecule has 1 aliphatic carbocycles. The Balaban J connectivity index is 1.08. The molecular formula is C88H136N22O18S2. The van der Waals surface area contributed by atoms with E-state index >= 15 is 24.0 Å². The molecule has 0 radical (unpaired) electrons. The van der Waals surface area contributed by atoms with Gasteiger partial charge in [0.15, 0.2) is 23.5 Å². The largest absolute Gasteiger partial charge is 0.480 e. The van der Waals surface area contributed by atoms with Gasteiger partial charge in [0, 0.05) is 176 Å². The third-order valence-electron chi connectivity index (χ3n) is 25.0. The van der Waals surface area contributed by atoms with Gasteiger partial charge in [-0.2, -0.15) is 0 Å². The molecule has 3 unspecified atom stereocenters. The number of guanidine groups is 2. The topological polar surface area (TPSA) is 598 Å². The maximum absolute atomic E-state index is 16.6. The molecule has 40 nitrogen and oxygen atoms in total. The number of imidazole rings is 1. The fourth-order valence-electron chi connectivity index (χ4n) is 18.0. The van der Waals surface area contributed by atoms with Crippen molar-refractivity contribution in [3.8, 4) is 0 Å². The average Bonchev–Trinajstić information content (AvgIpc) is 1.78. The molecule has 0 spiro atoms. The van der Waals surface area contributed by atoms with E-state index in [-0.39, 0.29) is 221 Å². The van der Waals surface area contributed by atoms with Crippen molar-refractivity contribution >= 4 is 122 Å². The molecule has 1 aromatic heterocycles. The lowest BCUT2D eigenvalue weighted by atomic mass is 9.77. The molecule has 6 fully saturated rings. The van der Waals surface area contributed by atoms with Gasteiger partial charge in [-0.1, -0.05) is 83.7 Å². The first-order valence-corrected chi connectivity index (χ1v) is 48.5. The van der Waals surface area contributed by atoms with Crippen molar-refractivity contribution in [1.29, 1.82) is 0 Å². The van der Waals surface area contributed by atoms with Gasteiger partial charge in [-0.25, -0.2) is 14.6 Å². The van der Waals surface area contributed by atoms with E-state index in [0.717, 1.165) is 34.4 Å². The first kappa shape index (κ1) is 105. The number of methoxy groups -OCH3 is 1. The van der Waals surface area contributed by atoms with E-state index in [9.17, 15) is 53.1 Å². The van der Waals surface area contributed by atoms with Crippen LogP contribution in [0.2, 0.25) is 0 Å². The number of benzene rings is 1. The SMILES string of the molecule is COCC(=O)OCC1CN(C(=O)CCCCCN=[N+]=[N-])CCN1CC(=O)NCCCC[C@@H]1NC(=O)[C@H](Cc2cnc[nH]2)C2CCC[C@H](CC[C@@H]3CCCN3CCNC1=O)C(=O)CC(C(=O)N[C@@H](Cc1ccccc1)C(=O)O)CSSC[C@H](NC(=O)[C@@H](CC(=O)[C@H](CCCN=C(N)N)NC(=O)[C@@H]1CCCN1C(=O)[C@H](CCCN=C(N)N)NC(=O)[C@@H]1CCC(=O)C1)CC(C)C)C2=O. The van der Waals surface area contributed by atoms with E-state index < -0.39 is 149 Å². The summed E-state index contributed by atoms with van der Waals surface area (Å²) >= 11 is 0. The second-order valence-corrected chi connectivity index (χ2v) is 37.8. The zero-order chi connectivity index (χ0) is 94.0. The van der Waals surface area contributed by atoms with Gasteiger partial charge >= 0.3 is 11.9 Å². The Labute approximate surface area is 767 Å². The third kappa shape index (κ3) is 35.4. The summed E-state index contributed by atoms with van der Waals surface area (Å²) < 4.78 is 10.5. The number of hydrogen-bond donors (Lipinski definition) is 13. The number of fused-ring (bicyclic) bond motifs is 5. The van der Waals surface area contributed by atoms with Crippen LogP contribution in [0.15, 0.2) is 58.0 Å². The minimum absolute atomic E-state index is 0.00636. The Bertz CT molecular complexity index is 4210. The van der Waals surface area contributed by atoms with Crippen molar-refractivity contribution in [1.82, 2.24) is 66.8 Å². The number of aliphatic carboxylic acids is 1. The van der Waals surface area contributed by atoms with Gasteiger partial charge in [-0.15, -0.1) is 0 Å². The van der Waals surface area contributed by atoms with Crippen LogP contribution in [0, 0.1) is 41.4 Å². The van der Waals surface area contributed by atoms with Crippen molar-refractivity contribution in [3.63, 3.8) is 0 Å². The van der Waals surface area contributed by atoms with Gasteiger partial charge < -0.3 is 89.5 Å². The van der Waals surface area contributed by atoms with Gasteiger partial charge in [0.25, 0.3) is 0 Å². The predicted octanol–water partition coefficient (Wildman–Crippen LogP) is 2.58. The molecule has 8 rings (SSSR count). The van der Waals surface area contributed by atoms with Crippen LogP contribution in [-0.2, 0) is 94.2 Å². The number of ketones is 4. The number of carboxylic acids is 1. The van der Waals surface area contributed by atoms with Gasteiger partial charge in [-0.3, -0.25) is 82.1 Å². The van der Waals surface area contributed by atoms with E-state index in [1.807, 2.05) is 18.7 Å². The van der Waals surface area contributed by atoms with E-state index in [1.54, 1.807) is 35.2 Å². The van der Waals surface area contributed by atoms with Crippen LogP contribution >= 0.6 is 21.6 Å². The smallest absolute Gasteiger partial charge is 0.332 e. The number of likely N-dealkylation sites (tertiary alicyclic amines) is 1. The maximum atomic E-state index is 16.6. The monoisotopic (exact) mass is 1850 g/mol. The number of esters is 1. The highest BCUT2D eigenvalue weighted by Gasteiger charge is 2.45. The maximum Gasteiger partial charge on any atom is 0.332 e. The normalized spacial score (nSPS) is 23.2. The van der Waals surface area contributed by atoms with Crippen molar-refractivity contribution in [2.75, 3.05) is 110 Å². The molecule has 42 heteroatoms. The second kappa shape index (κ2) is 55.8. The van der Waals surface area contributed by atoms with Crippen LogP contribution in [0.25, 0.3) is 10.4 Å². The number of amides is 9. The number of Topliss-reactive ketones (excluding diaryl/α,β-unsaturated/α-hetero) is 4. The first-order valence-electron chi connectivity index (χ1n) is 46.0. The Morgan fingerprint density at radius 2 is 1.46 bits per heavy atom. The number of carboxylic acid groups (broad SMARTS) is 1. The van der Waals surface area contributed by atoms with Crippen molar-refractivity contribution in [2.45, 2.75) is 242 Å². The number of piperazine rings is 1. The quantitative estimate of drug-likeness (QED) is 0.00663. The summed E-state index contributed by atoms with van der Waals surface area (Å²) in [6.07, 6.45) is 9.39. The summed E-state index contributed by atoms with van der Waals surface area (Å²) in [5, 5.41) is 34.7. The summed E-state index contributed by atoms with van der Waals surface area (Å²) in [6.45, 7) is 6.05. The lowest BCUT2D eigenvalue weighted by Gasteiger charge is -2.40. The van der Waals surface area contributed by atoms with Crippen molar-refractivity contribution in [2.24, 2.45) is 79.5 Å². The molecule has 5 saturated heterocycles. The van der Waals surface area contributed by atoms with Crippen molar-refractivity contribution < 1.29 is 86.5 Å². The lowest BCUT2D eigenvalue weighted by molar-refractivity contribution is -0.151. The Morgan fingerprint density at radius 1 is 0.738 bits per heavy atom. The number of ether oxygens (including phenoxy) is 2. The van der Waals surface area contributed by atoms with Crippen LogP contribution in [-0.4, -0.2) is 294 Å². The number of nitrogens with zero attached hydrogens (tertiary/aromatic N) is 10. The Morgan fingerprint density at radius 3 is 2.16 bits per heavy atom. The Kier molecular flexibility index (Phi) is 45.1. The molecule has 130 heavy (non-hydrogen) atoms. The van der Waals surface area contributed by atoms with E-state index in [2.05, 4.69) is 72.1 Å². The summed E-state index contributed by atoms with van der Waals surface area (Å²) in [5.41, 5.74) is 32.4. The fraction of sp³-hybridized carbons (Fsp3) is 0.705. The number of aromatic nitrogens is 2. The van der Waals surface area contributed by atoms with E-state index in [1.165, 1.54) is 24.5 Å². The number of azide groups is 1. The molecular weight excluding hydrogens is 1720 g/mol. The summed E-state index contributed by atoms with van der Waals surface area (Å²) in [7, 11) is 3.59. The molecule has 14 atom stereocenters. The highest BCUT2D eigenvalue weighted by molar-refractivity contribution is 8.76. The van der Waals surface area contributed by atoms with Crippen LogP contribution in [0.1, 0.15) is 192 Å². The predicted molar refractivity (Wildman–Crippen MR) is 488 cm³/mol. The Hall–Kier alpha value is -10.3. The number of aromatic amines is 1. The number of unbranched alkanes of at least 4 members (excludes halogenated alkanes) is 3. The van der Waals surface area contributed by atoms with Gasteiger partial charge in [0.2, 0.25) is 53.2 Å². The van der Waals surface area contributed by atoms with Gasteiger partial charge in [0.05, 0.1) is 42.8 Å². The number of nitrogens with one attached hydrogen (secondary N) is 8. The first-order chi connectivity index (χ1) is 62.5. The number of hydrogen-bond acceptors (Lipinski definition) is 25. The number of H-pyrrole nitrogens is 1. The molecule has 5 aliphatic heterocycles. The fourth-order valence-corrected chi connectivity index (χ4v) is 20.5. The number of carbonyl (C=O) groups is 15. The summed E-state index contributed by atoms with van der Waals surface area (Å²) in [6, 6.07) is 0.677. The second-order valence-electron chi connectivity index (χ2n) is 35.2. The zero-order valence-electron chi connectivity index (χ0n) is 75.3. The average molecular weight is 1850 g/mol. The summed E-state index contributed by atoms with van der Waals surface area (Å²) in [4.78, 5) is 242. The minimum atomic E-state index is -1.45. The van der Waals surface area contributed by atoms with Crippen LogP contribution < -0.4 is 60.2 Å². The molecule has 1 saturated carbocycles. The van der Waals surface area contributed by atoms with Gasteiger partial charge in [0.1, 0.15) is 48.9 Å². The highest BCUT2D eigenvalue weighted by atomic mass is 33.1. The van der Waals surface area contributed by atoms with Crippen LogP contribution in [0.4, 0.5) is 0 Å². The molecule has 718 valence electrons. The molecule has 2 aromatic rings. The minimum Gasteiger partial charge on any atom is -0.480 e. The number of rotatable bonds is 44. The van der Waals surface area contributed by atoms with Crippen LogP contribution in [0.3, 0.4) is 0 Å². The van der Waals surface area contributed by atoms with Crippen LogP contribution in [0.5, 0.6) is 0 Å². The molecule has 6 aliphatic rings. The number of carbonyl (C=O) groups excluding carboxylic acids is 14. The molecule has 9 amide bonds. The molecule has 6 heterocycles. The molecule has 2 bridgehead atoms. The number of nitrogens with two attached hydrogens (primary N) is 4. The summed E-state index contributed by atoms with van der Waals surface area (Å²) in [5.74, 6) is -15.2. The zero-order valence-corrected chi connectivity index (χ0v) is 76.9. The highest BCUT2D eigenvalue weighted by Crippen LogP contribution is 2.36. The number of aliphatic imine (C=N–C) groups is 2. The van der Waals surface area contributed by atoms with E-state index in [0.29, 0.717) is 102 Å². The van der Waals surface area contributed by atoms with Crippen molar-refractivity contribution in [3.05, 3.63) is 64.6 Å². The van der Waals surface area contributed by atoms with E-state index in [4.69, 9.17) is 37.9 Å². The lowest BCUT2D eigenvalue weighted by Crippen LogP contribution is -2.58. The molecule has 1 aromatic carbocycles. The standard InChI is InChI=1S/C88H136N22O18S2/c1-55(2)41-59(44-74(113)67(23-13-32-97-87(89)90)101-84(123)72-25-16-37-110(72)85(124)69(24-14-33-98-88(91)92)103-79(118)58-28-30-64(111)43-58)80(119)105-71-53-130-129-52-60(81(120)104-70(86(125)126)42-56-17-6-4-7-18-56)45-73(112)57-19-12-21-65(78(71)117)66(46-61-47-94-54-99-61)82(121)102-68(83(122)96-35-38-107-36-15-20-62(107)29-27-57)22-9-11-31-95-75(114)49-108-39-40-109(48-63(108)50-128-77(116)51-127-3)76(115)26-8-5-10-34-100-106-93/h4,6-7,17-18,47,54-55,57-60,62-63,65-72H,5,8-16,19-46,48-53H2,1-3H3,(H,94,99)(H,95,114)(H,96,122)(H,101,123)(H,102,121)(H,103,118)(H,104,120)(H,105,119)(H,125,126)(H4,89,90,97)(H4,91,92,98)/t57-,58-,59-,60?,62+,63?,65?,66-,67+,68+,69+,70+,71+,72+/m1/s1. The molecule has 17 N–H and O–H groups in total.